The molecule has 1 aromatic carbocycles. The molecule has 0 aliphatic heterocycles. The molecule has 0 saturated heterocycles. The Kier molecular flexibility index (Phi) is 3.84. The van der Waals surface area contributed by atoms with Crippen molar-refractivity contribution in [2.45, 2.75) is 9.79 Å². The topological polar surface area (TPSA) is 65.2 Å². The molecular formula is C13H12N2O2S. The average molecular weight is 260 g/mol. The van der Waals surface area contributed by atoms with E-state index in [-0.39, 0.29) is 5.97 Å². The fraction of sp³-hybridized carbons (Fsp3) is 0.0769. The summed E-state index contributed by atoms with van der Waals surface area (Å²) in [5, 5.41) is 0. The number of carbonyl (C=O) groups is 1. The summed E-state index contributed by atoms with van der Waals surface area (Å²) in [6.07, 6.45) is 3.25. The van der Waals surface area contributed by atoms with E-state index in [0.717, 1.165) is 9.79 Å². The molecular weight excluding hydrogens is 248 g/mol. The second-order valence-corrected chi connectivity index (χ2v) is 4.59. The molecule has 0 atom stereocenters. The van der Waals surface area contributed by atoms with Gasteiger partial charge in [0, 0.05) is 16.0 Å². The van der Waals surface area contributed by atoms with E-state index in [1.807, 2.05) is 18.2 Å². The van der Waals surface area contributed by atoms with Gasteiger partial charge in [-0.25, -0.2) is 4.79 Å². The van der Waals surface area contributed by atoms with Crippen molar-refractivity contribution >= 4 is 23.4 Å². The second kappa shape index (κ2) is 5.55. The molecule has 4 nitrogen and oxygen atoms in total. The minimum atomic E-state index is -0.356. The highest BCUT2D eigenvalue weighted by atomic mass is 32.2. The highest BCUT2D eigenvalue weighted by Gasteiger charge is 2.12. The summed E-state index contributed by atoms with van der Waals surface area (Å²) in [5.74, 6) is -0.356. The van der Waals surface area contributed by atoms with Crippen LogP contribution in [0.3, 0.4) is 0 Å². The zero-order chi connectivity index (χ0) is 13.0. The summed E-state index contributed by atoms with van der Waals surface area (Å²) in [5.41, 5.74) is 6.94. The summed E-state index contributed by atoms with van der Waals surface area (Å²) in [6.45, 7) is 0. The molecule has 1 aromatic heterocycles. The molecule has 0 spiro atoms. The molecule has 0 aliphatic rings. The zero-order valence-electron chi connectivity index (χ0n) is 9.79. The first-order valence-electron chi connectivity index (χ1n) is 5.27. The van der Waals surface area contributed by atoms with Gasteiger partial charge in [0.25, 0.3) is 0 Å². The van der Waals surface area contributed by atoms with Gasteiger partial charge in [-0.05, 0) is 18.2 Å². The van der Waals surface area contributed by atoms with Gasteiger partial charge >= 0.3 is 5.97 Å². The number of aromatic nitrogens is 1. The first-order chi connectivity index (χ1) is 8.72. The Labute approximate surface area is 109 Å². The van der Waals surface area contributed by atoms with E-state index < -0.39 is 0 Å². The van der Waals surface area contributed by atoms with Crippen molar-refractivity contribution in [2.75, 3.05) is 12.8 Å². The van der Waals surface area contributed by atoms with Crippen molar-refractivity contribution in [2.24, 2.45) is 0 Å². The summed E-state index contributed by atoms with van der Waals surface area (Å²) in [7, 11) is 1.37. The van der Waals surface area contributed by atoms with Crippen molar-refractivity contribution in [3.8, 4) is 0 Å². The maximum atomic E-state index is 11.6. The molecule has 2 rings (SSSR count). The van der Waals surface area contributed by atoms with E-state index in [0.29, 0.717) is 11.3 Å². The van der Waals surface area contributed by atoms with Crippen LogP contribution in [0.1, 0.15) is 10.4 Å². The average Bonchev–Trinajstić information content (AvgIpc) is 2.41. The van der Waals surface area contributed by atoms with Crippen molar-refractivity contribution in [1.29, 1.82) is 0 Å². The predicted octanol–water partition coefficient (Wildman–Crippen LogP) is 2.60. The molecule has 0 radical (unpaired) electrons. The molecule has 5 heteroatoms. The Balaban J connectivity index is 2.35. The molecule has 0 saturated carbocycles. The van der Waals surface area contributed by atoms with E-state index in [1.165, 1.54) is 18.9 Å². The number of hydrogen-bond acceptors (Lipinski definition) is 5. The summed E-state index contributed by atoms with van der Waals surface area (Å²) < 4.78 is 4.75. The lowest BCUT2D eigenvalue weighted by atomic mass is 10.2. The molecule has 2 N–H and O–H groups in total. The number of esters is 1. The fourth-order valence-electron chi connectivity index (χ4n) is 1.44. The predicted molar refractivity (Wildman–Crippen MR) is 70.6 cm³/mol. The Hall–Kier alpha value is -2.01. The van der Waals surface area contributed by atoms with Gasteiger partial charge in [0.15, 0.2) is 0 Å². The van der Waals surface area contributed by atoms with Crippen LogP contribution in [0.4, 0.5) is 5.69 Å². The van der Waals surface area contributed by atoms with E-state index in [4.69, 9.17) is 10.5 Å². The SMILES string of the molecule is COC(=O)c1ccccc1Sc1ccncc1N. The maximum absolute atomic E-state index is 11.6. The first-order valence-corrected chi connectivity index (χ1v) is 6.08. The lowest BCUT2D eigenvalue weighted by molar-refractivity contribution is 0.0597. The number of hydrogen-bond donors (Lipinski definition) is 1. The Morgan fingerprint density at radius 2 is 2.06 bits per heavy atom. The van der Waals surface area contributed by atoms with Gasteiger partial charge in [-0.3, -0.25) is 4.98 Å². The first kappa shape index (κ1) is 12.4. The third kappa shape index (κ3) is 2.62. The number of ether oxygens (including phenoxy) is 1. The maximum Gasteiger partial charge on any atom is 0.339 e. The fourth-order valence-corrected chi connectivity index (χ4v) is 2.38. The van der Waals surface area contributed by atoms with Gasteiger partial charge in [-0.15, -0.1) is 0 Å². The molecule has 0 aliphatic carbocycles. The van der Waals surface area contributed by atoms with Crippen molar-refractivity contribution in [3.05, 3.63) is 48.3 Å². The van der Waals surface area contributed by atoms with Crippen LogP contribution in [-0.4, -0.2) is 18.1 Å². The number of anilines is 1. The van der Waals surface area contributed by atoms with E-state index in [2.05, 4.69) is 4.98 Å². The normalized spacial score (nSPS) is 10.1. The second-order valence-electron chi connectivity index (χ2n) is 3.50. The van der Waals surface area contributed by atoms with Crippen LogP contribution < -0.4 is 5.73 Å². The molecule has 1 heterocycles. The standard InChI is InChI=1S/C13H12N2O2S/c1-17-13(16)9-4-2-3-5-11(9)18-12-6-7-15-8-10(12)14/h2-8H,14H2,1H3. The van der Waals surface area contributed by atoms with Gasteiger partial charge < -0.3 is 10.5 Å². The monoisotopic (exact) mass is 260 g/mol. The van der Waals surface area contributed by atoms with Crippen LogP contribution in [0.2, 0.25) is 0 Å². The number of nitrogen functional groups attached to an aromatic ring is 1. The zero-order valence-corrected chi connectivity index (χ0v) is 10.6. The van der Waals surface area contributed by atoms with Crippen LogP contribution in [-0.2, 0) is 4.74 Å². The van der Waals surface area contributed by atoms with E-state index in [9.17, 15) is 4.79 Å². The smallest absolute Gasteiger partial charge is 0.339 e. The Bertz CT molecular complexity index is 572. The minimum absolute atomic E-state index is 0.356. The Morgan fingerprint density at radius 1 is 1.28 bits per heavy atom. The Morgan fingerprint density at radius 3 is 2.78 bits per heavy atom. The van der Waals surface area contributed by atoms with Gasteiger partial charge in [-0.1, -0.05) is 23.9 Å². The van der Waals surface area contributed by atoms with Gasteiger partial charge in [0.2, 0.25) is 0 Å². The largest absolute Gasteiger partial charge is 0.465 e. The molecule has 0 fully saturated rings. The van der Waals surface area contributed by atoms with Crippen LogP contribution in [0.25, 0.3) is 0 Å². The lowest BCUT2D eigenvalue weighted by Crippen LogP contribution is -2.02. The van der Waals surface area contributed by atoms with Crippen LogP contribution in [0, 0.1) is 0 Å². The van der Waals surface area contributed by atoms with Crippen LogP contribution in [0.15, 0.2) is 52.5 Å². The lowest BCUT2D eigenvalue weighted by Gasteiger charge is -2.08. The molecule has 2 aromatic rings. The van der Waals surface area contributed by atoms with Crippen molar-refractivity contribution in [3.63, 3.8) is 0 Å². The third-order valence-corrected chi connectivity index (χ3v) is 3.49. The molecule has 0 unspecified atom stereocenters. The van der Waals surface area contributed by atoms with Gasteiger partial charge in [0.05, 0.1) is 24.6 Å². The highest BCUT2D eigenvalue weighted by molar-refractivity contribution is 7.99. The number of benzene rings is 1. The molecule has 18 heavy (non-hydrogen) atoms. The number of rotatable bonds is 3. The highest BCUT2D eigenvalue weighted by Crippen LogP contribution is 2.33. The summed E-state index contributed by atoms with van der Waals surface area (Å²) in [4.78, 5) is 17.2. The van der Waals surface area contributed by atoms with Gasteiger partial charge in [0.1, 0.15) is 0 Å². The number of pyridine rings is 1. The van der Waals surface area contributed by atoms with Crippen LogP contribution in [0.5, 0.6) is 0 Å². The number of carbonyl (C=O) groups excluding carboxylic acids is 1. The number of nitrogens with two attached hydrogens (primary N) is 1. The van der Waals surface area contributed by atoms with Crippen molar-refractivity contribution in [1.82, 2.24) is 4.98 Å². The summed E-state index contributed by atoms with van der Waals surface area (Å²) in [6, 6.07) is 9.06. The summed E-state index contributed by atoms with van der Waals surface area (Å²) >= 11 is 1.42. The van der Waals surface area contributed by atoms with Crippen LogP contribution >= 0.6 is 11.8 Å². The molecule has 0 bridgehead atoms. The van der Waals surface area contributed by atoms with E-state index >= 15 is 0 Å². The number of nitrogens with zero attached hydrogens (tertiary/aromatic N) is 1. The minimum Gasteiger partial charge on any atom is -0.465 e. The van der Waals surface area contributed by atoms with E-state index in [1.54, 1.807) is 24.5 Å². The van der Waals surface area contributed by atoms with Crippen molar-refractivity contribution < 1.29 is 9.53 Å². The van der Waals surface area contributed by atoms with Gasteiger partial charge in [-0.2, -0.15) is 0 Å². The molecule has 0 amide bonds. The quantitative estimate of drug-likeness (QED) is 0.859. The number of methoxy groups -OCH3 is 1. The third-order valence-electron chi connectivity index (χ3n) is 2.32. The molecule has 92 valence electrons.